The van der Waals surface area contributed by atoms with Gasteiger partial charge in [-0.2, -0.15) is 0 Å². The molecule has 116 valence electrons. The van der Waals surface area contributed by atoms with E-state index in [4.69, 9.17) is 4.74 Å². The molecule has 1 aromatic carbocycles. The van der Waals surface area contributed by atoms with Crippen molar-refractivity contribution >= 4 is 24.4 Å². The van der Waals surface area contributed by atoms with Crippen LogP contribution in [0.2, 0.25) is 0 Å². The molecule has 21 heavy (non-hydrogen) atoms. The standard InChI is InChI=1S/C16H22N2O2.ClH/c1-3-20-15-7-5-4-6-13(15)8-9-16(19)18(2)14-10-11-17-12-14;/h4-9,14,17H,3,10-12H2,1-2H3;1H. The molecule has 1 aliphatic rings. The number of amides is 1. The third kappa shape index (κ3) is 4.76. The zero-order chi connectivity index (χ0) is 14.4. The minimum atomic E-state index is 0. The van der Waals surface area contributed by atoms with Crippen LogP contribution in [0.15, 0.2) is 30.3 Å². The smallest absolute Gasteiger partial charge is 0.246 e. The summed E-state index contributed by atoms with van der Waals surface area (Å²) in [5, 5.41) is 3.27. The molecule has 1 aromatic rings. The normalized spacial score (nSPS) is 17.5. The van der Waals surface area contributed by atoms with E-state index < -0.39 is 0 Å². The van der Waals surface area contributed by atoms with Crippen LogP contribution in [0.1, 0.15) is 18.9 Å². The predicted octanol–water partition coefficient (Wildman–Crippen LogP) is 2.34. The summed E-state index contributed by atoms with van der Waals surface area (Å²) >= 11 is 0. The van der Waals surface area contributed by atoms with Gasteiger partial charge in [0.1, 0.15) is 5.75 Å². The number of rotatable bonds is 5. The Morgan fingerprint density at radius 3 is 2.90 bits per heavy atom. The highest BCUT2D eigenvalue weighted by Gasteiger charge is 2.21. The fraction of sp³-hybridized carbons (Fsp3) is 0.438. The van der Waals surface area contributed by atoms with Crippen LogP contribution in [0.4, 0.5) is 0 Å². The Morgan fingerprint density at radius 1 is 1.48 bits per heavy atom. The maximum absolute atomic E-state index is 12.1. The molecular weight excluding hydrogens is 288 g/mol. The topological polar surface area (TPSA) is 41.6 Å². The van der Waals surface area contributed by atoms with Gasteiger partial charge in [0.05, 0.1) is 6.61 Å². The van der Waals surface area contributed by atoms with Crippen LogP contribution in [0.25, 0.3) is 6.08 Å². The number of para-hydroxylation sites is 1. The number of hydrogen-bond donors (Lipinski definition) is 1. The van der Waals surface area contributed by atoms with Gasteiger partial charge in [0, 0.05) is 31.3 Å². The van der Waals surface area contributed by atoms with Crippen molar-refractivity contribution in [2.45, 2.75) is 19.4 Å². The average Bonchev–Trinajstić information content (AvgIpc) is 2.99. The molecule has 0 aromatic heterocycles. The fourth-order valence-electron chi connectivity index (χ4n) is 2.33. The molecule has 1 amide bonds. The molecule has 0 bridgehead atoms. The van der Waals surface area contributed by atoms with E-state index in [1.807, 2.05) is 44.3 Å². The van der Waals surface area contributed by atoms with Gasteiger partial charge in [0.25, 0.3) is 0 Å². The number of nitrogens with zero attached hydrogens (tertiary/aromatic N) is 1. The van der Waals surface area contributed by atoms with Crippen molar-refractivity contribution in [2.75, 3.05) is 26.7 Å². The van der Waals surface area contributed by atoms with Gasteiger partial charge in [-0.15, -0.1) is 12.4 Å². The summed E-state index contributed by atoms with van der Waals surface area (Å²) in [6, 6.07) is 8.04. The summed E-state index contributed by atoms with van der Waals surface area (Å²) in [5.74, 6) is 0.842. The molecule has 0 saturated carbocycles. The number of hydrogen-bond acceptors (Lipinski definition) is 3. The van der Waals surface area contributed by atoms with Crippen LogP contribution in [-0.2, 0) is 4.79 Å². The van der Waals surface area contributed by atoms with Crippen molar-refractivity contribution < 1.29 is 9.53 Å². The van der Waals surface area contributed by atoms with Crippen molar-refractivity contribution in [1.29, 1.82) is 0 Å². The van der Waals surface area contributed by atoms with E-state index in [0.717, 1.165) is 30.8 Å². The zero-order valence-electron chi connectivity index (χ0n) is 12.5. The van der Waals surface area contributed by atoms with Crippen LogP contribution in [0, 0.1) is 0 Å². The van der Waals surface area contributed by atoms with E-state index in [-0.39, 0.29) is 18.3 Å². The van der Waals surface area contributed by atoms with E-state index in [2.05, 4.69) is 5.32 Å². The third-order valence-corrected chi connectivity index (χ3v) is 3.55. The highest BCUT2D eigenvalue weighted by Crippen LogP contribution is 2.19. The van der Waals surface area contributed by atoms with Gasteiger partial charge in [-0.05, 0) is 32.0 Å². The summed E-state index contributed by atoms with van der Waals surface area (Å²) in [6.07, 6.45) is 4.47. The van der Waals surface area contributed by atoms with Gasteiger partial charge >= 0.3 is 0 Å². The lowest BCUT2D eigenvalue weighted by atomic mass is 10.1. The molecule has 2 rings (SSSR count). The Kier molecular flexibility index (Phi) is 7.26. The number of likely N-dealkylation sites (N-methyl/N-ethyl adjacent to an activating group) is 1. The lowest BCUT2D eigenvalue weighted by molar-refractivity contribution is -0.126. The number of carbonyl (C=O) groups excluding carboxylic acids is 1. The Balaban J connectivity index is 0.00000220. The summed E-state index contributed by atoms with van der Waals surface area (Å²) in [7, 11) is 1.86. The average molecular weight is 311 g/mol. The van der Waals surface area contributed by atoms with E-state index >= 15 is 0 Å². The number of ether oxygens (including phenoxy) is 1. The first kappa shape index (κ1) is 17.5. The first-order chi connectivity index (χ1) is 9.72. The van der Waals surface area contributed by atoms with Gasteiger partial charge < -0.3 is 15.0 Å². The Hall–Kier alpha value is -1.52. The van der Waals surface area contributed by atoms with Gasteiger partial charge in [-0.3, -0.25) is 4.79 Å². The molecule has 1 saturated heterocycles. The van der Waals surface area contributed by atoms with E-state index in [0.29, 0.717) is 12.6 Å². The Morgan fingerprint density at radius 2 is 2.24 bits per heavy atom. The molecule has 4 nitrogen and oxygen atoms in total. The molecule has 5 heteroatoms. The molecule has 0 spiro atoms. The molecule has 1 fully saturated rings. The molecule has 1 aliphatic heterocycles. The molecule has 1 atom stereocenters. The zero-order valence-corrected chi connectivity index (χ0v) is 13.4. The molecular formula is C16H23ClN2O2. The molecule has 1 N–H and O–H groups in total. The minimum Gasteiger partial charge on any atom is -0.493 e. The third-order valence-electron chi connectivity index (χ3n) is 3.55. The number of carbonyl (C=O) groups is 1. The van der Waals surface area contributed by atoms with Crippen LogP contribution in [0.3, 0.4) is 0 Å². The summed E-state index contributed by atoms with van der Waals surface area (Å²) in [4.78, 5) is 13.9. The first-order valence-corrected chi connectivity index (χ1v) is 7.09. The summed E-state index contributed by atoms with van der Waals surface area (Å²) < 4.78 is 5.54. The molecule has 0 aliphatic carbocycles. The second-order valence-electron chi connectivity index (χ2n) is 4.90. The van der Waals surface area contributed by atoms with Crippen molar-refractivity contribution in [2.24, 2.45) is 0 Å². The summed E-state index contributed by atoms with van der Waals surface area (Å²) in [6.45, 7) is 4.43. The van der Waals surface area contributed by atoms with Crippen LogP contribution >= 0.6 is 12.4 Å². The highest BCUT2D eigenvalue weighted by atomic mass is 35.5. The molecule has 0 radical (unpaired) electrons. The van der Waals surface area contributed by atoms with Crippen molar-refractivity contribution in [3.05, 3.63) is 35.9 Å². The van der Waals surface area contributed by atoms with Gasteiger partial charge in [0.15, 0.2) is 0 Å². The van der Waals surface area contributed by atoms with E-state index in [9.17, 15) is 4.79 Å². The number of halogens is 1. The second-order valence-corrected chi connectivity index (χ2v) is 4.90. The first-order valence-electron chi connectivity index (χ1n) is 7.09. The fourth-order valence-corrected chi connectivity index (χ4v) is 2.33. The summed E-state index contributed by atoms with van der Waals surface area (Å²) in [5.41, 5.74) is 0.931. The Bertz CT molecular complexity index is 485. The highest BCUT2D eigenvalue weighted by molar-refractivity contribution is 5.92. The predicted molar refractivity (Wildman–Crippen MR) is 87.9 cm³/mol. The van der Waals surface area contributed by atoms with Gasteiger partial charge in [0.2, 0.25) is 5.91 Å². The molecule has 1 unspecified atom stereocenters. The monoisotopic (exact) mass is 310 g/mol. The lowest BCUT2D eigenvalue weighted by Crippen LogP contribution is -2.37. The number of nitrogens with one attached hydrogen (secondary N) is 1. The van der Waals surface area contributed by atoms with E-state index in [1.54, 1.807) is 11.0 Å². The molecule has 1 heterocycles. The Labute approximate surface area is 132 Å². The van der Waals surface area contributed by atoms with Crippen LogP contribution in [0.5, 0.6) is 5.75 Å². The maximum Gasteiger partial charge on any atom is 0.246 e. The van der Waals surface area contributed by atoms with Crippen molar-refractivity contribution in [1.82, 2.24) is 10.2 Å². The minimum absolute atomic E-state index is 0. The van der Waals surface area contributed by atoms with Crippen molar-refractivity contribution in [3.8, 4) is 5.75 Å². The lowest BCUT2D eigenvalue weighted by Gasteiger charge is -2.22. The van der Waals surface area contributed by atoms with Gasteiger partial charge in [-0.1, -0.05) is 18.2 Å². The van der Waals surface area contributed by atoms with Crippen LogP contribution < -0.4 is 10.1 Å². The quantitative estimate of drug-likeness (QED) is 0.849. The van der Waals surface area contributed by atoms with Crippen LogP contribution in [-0.4, -0.2) is 43.6 Å². The largest absolute Gasteiger partial charge is 0.493 e. The van der Waals surface area contributed by atoms with Crippen molar-refractivity contribution in [3.63, 3.8) is 0 Å². The van der Waals surface area contributed by atoms with E-state index in [1.165, 1.54) is 0 Å². The van der Waals surface area contributed by atoms with Gasteiger partial charge in [-0.25, -0.2) is 0 Å². The number of benzene rings is 1. The maximum atomic E-state index is 12.1. The second kappa shape index (κ2) is 8.70. The SMILES string of the molecule is CCOc1ccccc1C=CC(=O)N(C)C1CCNC1.Cl.